The van der Waals surface area contributed by atoms with Crippen LogP contribution in [0.5, 0.6) is 11.5 Å². The molecule has 15 heavy (non-hydrogen) atoms. The highest BCUT2D eigenvalue weighted by atomic mass is 16.5. The Morgan fingerprint density at radius 3 is 2.73 bits per heavy atom. The van der Waals surface area contributed by atoms with Gasteiger partial charge in [-0.3, -0.25) is 0 Å². The number of hydrogen-bond acceptors (Lipinski definition) is 4. The van der Waals surface area contributed by atoms with Crippen molar-refractivity contribution in [2.45, 2.75) is 13.0 Å². The van der Waals surface area contributed by atoms with E-state index in [1.807, 2.05) is 0 Å². The smallest absolute Gasteiger partial charge is 0.336 e. The molecule has 0 spiro atoms. The van der Waals surface area contributed by atoms with Crippen LogP contribution in [0.1, 0.15) is 5.56 Å². The van der Waals surface area contributed by atoms with Gasteiger partial charge in [0, 0.05) is 0 Å². The van der Waals surface area contributed by atoms with Gasteiger partial charge in [0.1, 0.15) is 18.1 Å². The molecule has 0 heterocycles. The third kappa shape index (κ3) is 3.14. The molecule has 3 N–H and O–H groups in total. The van der Waals surface area contributed by atoms with Gasteiger partial charge in [0.25, 0.3) is 0 Å². The van der Waals surface area contributed by atoms with Gasteiger partial charge in [-0.15, -0.1) is 0 Å². The van der Waals surface area contributed by atoms with E-state index >= 15 is 0 Å². The number of carboxylic acids is 1. The van der Waals surface area contributed by atoms with Gasteiger partial charge in [0.05, 0.1) is 0 Å². The summed E-state index contributed by atoms with van der Waals surface area (Å²) in [5.41, 5.74) is 0.674. The SMILES string of the molecule is Cc1cc(O)ccc1OCC(O)C(=O)O. The van der Waals surface area contributed by atoms with Crippen LogP contribution in [0.4, 0.5) is 0 Å². The van der Waals surface area contributed by atoms with E-state index in [0.717, 1.165) is 0 Å². The first-order valence-corrected chi connectivity index (χ1v) is 4.34. The van der Waals surface area contributed by atoms with E-state index in [2.05, 4.69) is 0 Å². The normalized spacial score (nSPS) is 12.1. The molecule has 5 heteroatoms. The highest BCUT2D eigenvalue weighted by molar-refractivity contribution is 5.72. The maximum Gasteiger partial charge on any atom is 0.336 e. The fraction of sp³-hybridized carbons (Fsp3) is 0.300. The average molecular weight is 212 g/mol. The number of hydrogen-bond donors (Lipinski definition) is 3. The summed E-state index contributed by atoms with van der Waals surface area (Å²) >= 11 is 0. The topological polar surface area (TPSA) is 87.0 Å². The van der Waals surface area contributed by atoms with Gasteiger partial charge in [-0.1, -0.05) is 0 Å². The Bertz CT molecular complexity index is 361. The van der Waals surface area contributed by atoms with Gasteiger partial charge in [0.15, 0.2) is 6.10 Å². The minimum Gasteiger partial charge on any atom is -0.508 e. The van der Waals surface area contributed by atoms with E-state index in [1.165, 1.54) is 18.2 Å². The van der Waals surface area contributed by atoms with Crippen molar-refractivity contribution < 1.29 is 24.9 Å². The Morgan fingerprint density at radius 1 is 1.53 bits per heavy atom. The minimum absolute atomic E-state index is 0.110. The Balaban J connectivity index is 2.62. The highest BCUT2D eigenvalue weighted by Crippen LogP contribution is 2.22. The highest BCUT2D eigenvalue weighted by Gasteiger charge is 2.14. The van der Waals surface area contributed by atoms with Crippen molar-refractivity contribution in [3.05, 3.63) is 23.8 Å². The number of aliphatic hydroxyl groups is 1. The molecule has 82 valence electrons. The Labute approximate surface area is 86.5 Å². The predicted molar refractivity (Wildman–Crippen MR) is 52.0 cm³/mol. The number of ether oxygens (including phenoxy) is 1. The van der Waals surface area contributed by atoms with E-state index in [0.29, 0.717) is 11.3 Å². The summed E-state index contributed by atoms with van der Waals surface area (Å²) in [6.07, 6.45) is -1.54. The molecule has 0 aliphatic rings. The third-order valence-corrected chi connectivity index (χ3v) is 1.84. The molecule has 5 nitrogen and oxygen atoms in total. The zero-order valence-corrected chi connectivity index (χ0v) is 8.17. The van der Waals surface area contributed by atoms with Crippen LogP contribution >= 0.6 is 0 Å². The van der Waals surface area contributed by atoms with Crippen LogP contribution in [0, 0.1) is 6.92 Å². The fourth-order valence-corrected chi connectivity index (χ4v) is 1.04. The van der Waals surface area contributed by atoms with Crippen molar-refractivity contribution in [2.75, 3.05) is 6.61 Å². The molecule has 1 atom stereocenters. The number of carboxylic acid groups (broad SMARTS) is 1. The number of aliphatic carboxylic acids is 1. The lowest BCUT2D eigenvalue weighted by molar-refractivity contribution is -0.148. The summed E-state index contributed by atoms with van der Waals surface area (Å²) in [6, 6.07) is 4.43. The van der Waals surface area contributed by atoms with E-state index < -0.39 is 12.1 Å². The summed E-state index contributed by atoms with van der Waals surface area (Å²) in [4.78, 5) is 10.3. The number of aromatic hydroxyl groups is 1. The van der Waals surface area contributed by atoms with E-state index in [-0.39, 0.29) is 12.4 Å². The van der Waals surface area contributed by atoms with Gasteiger partial charge in [-0.25, -0.2) is 4.79 Å². The second kappa shape index (κ2) is 4.65. The van der Waals surface area contributed by atoms with E-state index in [9.17, 15) is 4.79 Å². The molecule has 1 rings (SSSR count). The van der Waals surface area contributed by atoms with Crippen molar-refractivity contribution in [2.24, 2.45) is 0 Å². The lowest BCUT2D eigenvalue weighted by Crippen LogP contribution is -2.26. The Morgan fingerprint density at radius 2 is 2.20 bits per heavy atom. The molecule has 1 aromatic carbocycles. The summed E-state index contributed by atoms with van der Waals surface area (Å²) in [7, 11) is 0. The first-order valence-electron chi connectivity index (χ1n) is 4.34. The summed E-state index contributed by atoms with van der Waals surface area (Å²) in [5.74, 6) is -0.779. The van der Waals surface area contributed by atoms with Crippen molar-refractivity contribution in [3.8, 4) is 11.5 Å². The second-order valence-corrected chi connectivity index (χ2v) is 3.11. The van der Waals surface area contributed by atoms with Crippen molar-refractivity contribution >= 4 is 5.97 Å². The maximum absolute atomic E-state index is 10.3. The van der Waals surface area contributed by atoms with Crippen LogP contribution in [-0.2, 0) is 4.79 Å². The molecule has 1 aromatic rings. The number of carbonyl (C=O) groups is 1. The van der Waals surface area contributed by atoms with Crippen LogP contribution in [0.3, 0.4) is 0 Å². The Hall–Kier alpha value is -1.75. The van der Waals surface area contributed by atoms with Crippen LogP contribution in [0.2, 0.25) is 0 Å². The van der Waals surface area contributed by atoms with Gasteiger partial charge >= 0.3 is 5.97 Å². The number of benzene rings is 1. The lowest BCUT2D eigenvalue weighted by Gasteiger charge is -2.10. The first kappa shape index (κ1) is 11.3. The summed E-state index contributed by atoms with van der Waals surface area (Å²) in [6.45, 7) is 1.39. The first-order chi connectivity index (χ1) is 7.00. The average Bonchev–Trinajstić information content (AvgIpc) is 2.15. The molecule has 0 radical (unpaired) electrons. The van der Waals surface area contributed by atoms with Gasteiger partial charge < -0.3 is 20.1 Å². The molecule has 0 saturated carbocycles. The molecule has 0 fully saturated rings. The Kier molecular flexibility index (Phi) is 3.51. The van der Waals surface area contributed by atoms with Gasteiger partial charge in [0.2, 0.25) is 0 Å². The van der Waals surface area contributed by atoms with Crippen molar-refractivity contribution in [1.82, 2.24) is 0 Å². The summed E-state index contributed by atoms with van der Waals surface area (Å²) < 4.78 is 5.07. The van der Waals surface area contributed by atoms with Crippen LogP contribution in [0.25, 0.3) is 0 Å². The van der Waals surface area contributed by atoms with Crippen LogP contribution in [-0.4, -0.2) is 34.0 Å². The molecule has 1 unspecified atom stereocenters. The molecule has 0 aliphatic heterocycles. The number of rotatable bonds is 4. The standard InChI is InChI=1S/C10H12O5/c1-6-4-7(11)2-3-9(6)15-5-8(12)10(13)14/h2-4,8,11-12H,5H2,1H3,(H,13,14). The quantitative estimate of drug-likeness (QED) is 0.677. The molecule has 0 saturated heterocycles. The van der Waals surface area contributed by atoms with Gasteiger partial charge in [-0.2, -0.15) is 0 Å². The predicted octanol–water partition coefficient (Wildman–Crippen LogP) is 0.525. The summed E-state index contributed by atoms with van der Waals surface area (Å²) in [5, 5.41) is 26.5. The minimum atomic E-state index is -1.54. The largest absolute Gasteiger partial charge is 0.508 e. The molecular weight excluding hydrogens is 200 g/mol. The number of phenolic OH excluding ortho intramolecular Hbond substituents is 1. The molecule has 0 bridgehead atoms. The number of aryl methyl sites for hydroxylation is 1. The lowest BCUT2D eigenvalue weighted by atomic mass is 10.2. The van der Waals surface area contributed by atoms with Gasteiger partial charge in [-0.05, 0) is 30.7 Å². The van der Waals surface area contributed by atoms with Crippen molar-refractivity contribution in [3.63, 3.8) is 0 Å². The molecular formula is C10H12O5. The van der Waals surface area contributed by atoms with E-state index in [1.54, 1.807) is 6.92 Å². The third-order valence-electron chi connectivity index (χ3n) is 1.84. The number of phenols is 1. The fourth-order valence-electron chi connectivity index (χ4n) is 1.04. The molecule has 0 aromatic heterocycles. The van der Waals surface area contributed by atoms with E-state index in [4.69, 9.17) is 20.1 Å². The second-order valence-electron chi connectivity index (χ2n) is 3.11. The monoisotopic (exact) mass is 212 g/mol. The zero-order chi connectivity index (χ0) is 11.4. The van der Waals surface area contributed by atoms with Crippen LogP contribution in [0.15, 0.2) is 18.2 Å². The molecule has 0 aliphatic carbocycles. The number of aliphatic hydroxyl groups excluding tert-OH is 1. The van der Waals surface area contributed by atoms with Crippen molar-refractivity contribution in [1.29, 1.82) is 0 Å². The maximum atomic E-state index is 10.3. The molecule has 0 amide bonds. The van der Waals surface area contributed by atoms with Crippen LogP contribution < -0.4 is 4.74 Å². The zero-order valence-electron chi connectivity index (χ0n) is 8.17.